The number of hydrogen-bond acceptors (Lipinski definition) is 7. The smallest absolute Gasteiger partial charge is 0.316 e. The van der Waals surface area contributed by atoms with Gasteiger partial charge >= 0.3 is 5.97 Å². The number of methoxy groups -OCH3 is 3. The van der Waals surface area contributed by atoms with E-state index in [1.807, 2.05) is 25.1 Å². The van der Waals surface area contributed by atoms with Crippen molar-refractivity contribution in [3.05, 3.63) is 35.4 Å². The SMILES string of the molecule is C/C=C1/CN2[C@H](OC)C[C@]34C(=Nc5cc(OC)ccc53)[C@@H]2C[C@@H]1[C@@]4(CO)C(=O)OC. The van der Waals surface area contributed by atoms with Crippen molar-refractivity contribution < 1.29 is 24.1 Å². The fourth-order valence-corrected chi connectivity index (χ4v) is 6.71. The van der Waals surface area contributed by atoms with Gasteiger partial charge in [-0.3, -0.25) is 14.7 Å². The first-order valence-corrected chi connectivity index (χ1v) is 10.4. The largest absolute Gasteiger partial charge is 0.497 e. The van der Waals surface area contributed by atoms with Gasteiger partial charge in [0.1, 0.15) is 17.4 Å². The van der Waals surface area contributed by atoms with E-state index in [1.165, 1.54) is 7.11 Å². The van der Waals surface area contributed by atoms with Crippen LogP contribution in [0.15, 0.2) is 34.8 Å². The van der Waals surface area contributed by atoms with E-state index in [0.29, 0.717) is 19.4 Å². The number of nitrogens with zero attached hydrogens (tertiary/aromatic N) is 2. The number of rotatable bonds is 4. The van der Waals surface area contributed by atoms with Crippen molar-refractivity contribution in [1.82, 2.24) is 4.90 Å². The Morgan fingerprint density at radius 2 is 2.17 bits per heavy atom. The first kappa shape index (κ1) is 19.7. The fraction of sp³-hybridized carbons (Fsp3) is 0.565. The van der Waals surface area contributed by atoms with Gasteiger partial charge in [-0.25, -0.2) is 0 Å². The molecule has 1 saturated carbocycles. The van der Waals surface area contributed by atoms with Crippen molar-refractivity contribution >= 4 is 17.4 Å². The Kier molecular flexibility index (Phi) is 4.36. The second kappa shape index (κ2) is 6.64. The van der Waals surface area contributed by atoms with E-state index in [0.717, 1.165) is 28.3 Å². The summed E-state index contributed by atoms with van der Waals surface area (Å²) in [6.45, 7) is 2.38. The van der Waals surface area contributed by atoms with Crippen molar-refractivity contribution in [3.63, 3.8) is 0 Å². The first-order chi connectivity index (χ1) is 14.5. The molecule has 2 saturated heterocycles. The third-order valence-corrected chi connectivity index (χ3v) is 7.98. The molecule has 0 radical (unpaired) electrons. The number of allylic oxidation sites excluding steroid dienone is 1. The van der Waals surface area contributed by atoms with Gasteiger partial charge in [0.05, 0.1) is 38.0 Å². The van der Waals surface area contributed by atoms with Crippen LogP contribution in [-0.2, 0) is 19.7 Å². The summed E-state index contributed by atoms with van der Waals surface area (Å²) in [7, 11) is 4.75. The zero-order valence-electron chi connectivity index (χ0n) is 17.8. The normalized spacial score (nSPS) is 37.6. The molecule has 0 aromatic heterocycles. The van der Waals surface area contributed by atoms with Crippen molar-refractivity contribution in [2.75, 3.05) is 34.5 Å². The Bertz CT molecular complexity index is 972. The van der Waals surface area contributed by atoms with Crippen LogP contribution in [0.4, 0.5) is 5.69 Å². The molecule has 1 aromatic carbocycles. The number of carbonyl (C=O) groups excluding carboxylic acids is 1. The van der Waals surface area contributed by atoms with Gasteiger partial charge in [-0.1, -0.05) is 17.7 Å². The number of aliphatic hydroxyl groups excluding tert-OH is 1. The van der Waals surface area contributed by atoms with Crippen LogP contribution in [0, 0.1) is 11.3 Å². The third kappa shape index (κ3) is 2.05. The van der Waals surface area contributed by atoms with Gasteiger partial charge in [-0.05, 0) is 25.0 Å². The number of aliphatic hydroxyl groups is 1. The van der Waals surface area contributed by atoms with Gasteiger partial charge in [0.2, 0.25) is 0 Å². The second-order valence-electron chi connectivity index (χ2n) is 8.64. The molecule has 1 N–H and O–H groups in total. The summed E-state index contributed by atoms with van der Waals surface area (Å²) in [5, 5.41) is 11.0. The van der Waals surface area contributed by atoms with E-state index in [9.17, 15) is 9.90 Å². The number of piperidine rings is 2. The summed E-state index contributed by atoms with van der Waals surface area (Å²) in [6.07, 6.45) is 3.15. The van der Waals surface area contributed by atoms with Crippen molar-refractivity contribution in [2.45, 2.75) is 37.5 Å². The average molecular weight is 412 g/mol. The molecule has 5 atom stereocenters. The molecule has 160 valence electrons. The second-order valence-corrected chi connectivity index (χ2v) is 8.64. The Morgan fingerprint density at radius 3 is 2.80 bits per heavy atom. The maximum atomic E-state index is 13.6. The molecule has 1 aliphatic carbocycles. The molecule has 3 bridgehead atoms. The molecule has 7 nitrogen and oxygen atoms in total. The third-order valence-electron chi connectivity index (χ3n) is 7.98. The van der Waals surface area contributed by atoms with Gasteiger partial charge in [-0.2, -0.15) is 0 Å². The summed E-state index contributed by atoms with van der Waals surface area (Å²) in [6, 6.07) is 5.87. The fourth-order valence-electron chi connectivity index (χ4n) is 6.71. The Labute approximate surface area is 176 Å². The predicted molar refractivity (Wildman–Crippen MR) is 111 cm³/mol. The molecular formula is C23H28N2O5. The molecular weight excluding hydrogens is 384 g/mol. The van der Waals surface area contributed by atoms with Gasteiger partial charge < -0.3 is 19.3 Å². The van der Waals surface area contributed by atoms with Crippen molar-refractivity contribution in [3.8, 4) is 5.75 Å². The van der Waals surface area contributed by atoms with Gasteiger partial charge in [0.25, 0.3) is 0 Å². The minimum absolute atomic E-state index is 0.0557. The molecule has 0 amide bonds. The molecule has 1 aromatic rings. The highest BCUT2D eigenvalue weighted by atomic mass is 16.5. The molecule has 30 heavy (non-hydrogen) atoms. The van der Waals surface area contributed by atoms with Crippen molar-refractivity contribution in [2.24, 2.45) is 16.3 Å². The number of fused-ring (bicyclic) bond motifs is 2. The number of ether oxygens (including phenoxy) is 3. The number of aliphatic imine (C=N–C) groups is 1. The minimum atomic E-state index is -1.15. The van der Waals surface area contributed by atoms with Crippen LogP contribution in [0.3, 0.4) is 0 Å². The van der Waals surface area contributed by atoms with E-state index < -0.39 is 10.8 Å². The highest BCUT2D eigenvalue weighted by molar-refractivity contribution is 6.11. The van der Waals surface area contributed by atoms with Crippen LogP contribution in [-0.4, -0.2) is 68.4 Å². The van der Waals surface area contributed by atoms with Crippen LogP contribution >= 0.6 is 0 Å². The lowest BCUT2D eigenvalue weighted by Gasteiger charge is -2.65. The summed E-state index contributed by atoms with van der Waals surface area (Å²) < 4.78 is 16.8. The molecule has 3 heterocycles. The van der Waals surface area contributed by atoms with E-state index >= 15 is 0 Å². The van der Waals surface area contributed by atoms with E-state index in [-0.39, 0.29) is 30.8 Å². The van der Waals surface area contributed by atoms with Gasteiger partial charge in [-0.15, -0.1) is 0 Å². The van der Waals surface area contributed by atoms with Crippen LogP contribution in [0.5, 0.6) is 5.75 Å². The lowest BCUT2D eigenvalue weighted by atomic mass is 9.43. The lowest BCUT2D eigenvalue weighted by molar-refractivity contribution is -0.182. The number of benzene rings is 1. The zero-order valence-corrected chi connectivity index (χ0v) is 17.8. The van der Waals surface area contributed by atoms with Crippen LogP contribution in [0.25, 0.3) is 0 Å². The van der Waals surface area contributed by atoms with E-state index in [2.05, 4.69) is 11.0 Å². The molecule has 0 unspecified atom stereocenters. The van der Waals surface area contributed by atoms with Gasteiger partial charge in [0, 0.05) is 37.8 Å². The maximum absolute atomic E-state index is 13.6. The summed E-state index contributed by atoms with van der Waals surface area (Å²) in [5.74, 6) is 0.219. The molecule has 3 aliphatic heterocycles. The summed E-state index contributed by atoms with van der Waals surface area (Å²) >= 11 is 0. The highest BCUT2D eigenvalue weighted by Gasteiger charge is 2.75. The highest BCUT2D eigenvalue weighted by Crippen LogP contribution is 2.67. The van der Waals surface area contributed by atoms with Crippen molar-refractivity contribution in [1.29, 1.82) is 0 Å². The van der Waals surface area contributed by atoms with E-state index in [4.69, 9.17) is 19.2 Å². The molecule has 5 rings (SSSR count). The Balaban J connectivity index is 1.86. The van der Waals surface area contributed by atoms with Crippen LogP contribution in [0.2, 0.25) is 0 Å². The maximum Gasteiger partial charge on any atom is 0.316 e. The lowest BCUT2D eigenvalue weighted by Crippen LogP contribution is -2.77. The van der Waals surface area contributed by atoms with Gasteiger partial charge in [0.15, 0.2) is 0 Å². The standard InChI is InChI=1S/C23H28N2O5/c1-5-13-11-25-18-9-16(13)23(12-26,21(27)30-4)22(10-19(25)29-3)15-7-6-14(28-2)8-17(15)24-20(18)22/h5-8,16,18-19,26H,9-12H2,1-4H3/b13-5-/t16-,18-,19+,22+,23-/m0/s1. The topological polar surface area (TPSA) is 80.6 Å². The molecule has 0 spiro atoms. The zero-order chi connectivity index (χ0) is 21.3. The number of hydrogen-bond donors (Lipinski definition) is 1. The molecule has 7 heteroatoms. The summed E-state index contributed by atoms with van der Waals surface area (Å²) in [4.78, 5) is 21.0. The molecule has 4 aliphatic rings. The monoisotopic (exact) mass is 412 g/mol. The average Bonchev–Trinajstić information content (AvgIpc) is 3.13. The van der Waals surface area contributed by atoms with E-state index in [1.54, 1.807) is 14.2 Å². The predicted octanol–water partition coefficient (Wildman–Crippen LogP) is 2.20. The first-order valence-electron chi connectivity index (χ1n) is 10.4. The van der Waals surface area contributed by atoms with Crippen LogP contribution < -0.4 is 4.74 Å². The summed E-state index contributed by atoms with van der Waals surface area (Å²) in [5.41, 5.74) is 1.92. The number of carbonyl (C=O) groups is 1. The molecule has 3 fully saturated rings. The minimum Gasteiger partial charge on any atom is -0.497 e. The van der Waals surface area contributed by atoms with Crippen LogP contribution in [0.1, 0.15) is 25.3 Å². The Hall–Kier alpha value is -2.22. The Morgan fingerprint density at radius 1 is 1.37 bits per heavy atom. The quantitative estimate of drug-likeness (QED) is 0.603. The number of esters is 1.